The molecule has 1 heterocycles. The molecule has 0 radical (unpaired) electrons. The van der Waals surface area contributed by atoms with E-state index in [9.17, 15) is 4.79 Å². The number of alkyl halides is 1. The van der Waals surface area contributed by atoms with Crippen LogP contribution >= 0.6 is 15.9 Å². The highest BCUT2D eigenvalue weighted by Gasteiger charge is 2.15. The third-order valence-electron chi connectivity index (χ3n) is 3.27. The summed E-state index contributed by atoms with van der Waals surface area (Å²) >= 11 is 3.18. The summed E-state index contributed by atoms with van der Waals surface area (Å²) in [5.41, 5.74) is 3.40. The topological polar surface area (TPSA) is 48.4 Å². The van der Waals surface area contributed by atoms with Crippen molar-refractivity contribution in [2.24, 2.45) is 0 Å². The number of rotatable bonds is 6. The van der Waals surface area contributed by atoms with E-state index in [0.29, 0.717) is 23.7 Å². The van der Waals surface area contributed by atoms with Crippen LogP contribution in [0, 0.1) is 13.8 Å². The Morgan fingerprint density at radius 2 is 2.00 bits per heavy atom. The van der Waals surface area contributed by atoms with Crippen molar-refractivity contribution in [1.82, 2.24) is 4.98 Å². The monoisotopic (exact) mass is 363 g/mol. The number of aryl methyl sites for hydroxylation is 2. The predicted molar refractivity (Wildman–Crippen MR) is 89.2 cm³/mol. The fraction of sp³-hybridized carbons (Fsp3) is 0.294. The van der Waals surface area contributed by atoms with E-state index < -0.39 is 0 Å². The minimum absolute atomic E-state index is 0.0216. The molecule has 0 aliphatic rings. The standard InChI is InChI=1S/C17H18BrNO3/c1-11-4-5-13(19-9-11)10-22-16-7-17(21-3)14(6-12(16)2)15(20)8-18/h4-7,9H,8,10H2,1-3H3. The summed E-state index contributed by atoms with van der Waals surface area (Å²) < 4.78 is 11.1. The molecule has 0 atom stereocenters. The quantitative estimate of drug-likeness (QED) is 0.577. The number of Topliss-reactive ketones (excluding diaryl/α,β-unsaturated/α-hetero) is 1. The Bertz CT molecular complexity index is 668. The minimum atomic E-state index is -0.0216. The molecule has 0 N–H and O–H groups in total. The smallest absolute Gasteiger partial charge is 0.177 e. The lowest BCUT2D eigenvalue weighted by molar-refractivity contribution is 0.102. The lowest BCUT2D eigenvalue weighted by Gasteiger charge is -2.13. The van der Waals surface area contributed by atoms with Crippen molar-refractivity contribution in [1.29, 1.82) is 0 Å². The van der Waals surface area contributed by atoms with E-state index >= 15 is 0 Å². The van der Waals surface area contributed by atoms with Crippen molar-refractivity contribution in [3.05, 3.63) is 52.8 Å². The van der Waals surface area contributed by atoms with Gasteiger partial charge in [0.1, 0.15) is 18.1 Å². The molecule has 0 unspecified atom stereocenters. The first kappa shape index (κ1) is 16.5. The number of pyridine rings is 1. The van der Waals surface area contributed by atoms with Gasteiger partial charge in [-0.15, -0.1) is 0 Å². The van der Waals surface area contributed by atoms with Crippen molar-refractivity contribution in [2.75, 3.05) is 12.4 Å². The third-order valence-corrected chi connectivity index (χ3v) is 3.78. The van der Waals surface area contributed by atoms with E-state index in [1.807, 2.05) is 32.2 Å². The molecule has 116 valence electrons. The second kappa shape index (κ2) is 7.40. The number of halogens is 1. The van der Waals surface area contributed by atoms with Crippen LogP contribution in [0.15, 0.2) is 30.5 Å². The molecule has 0 bridgehead atoms. The Hall–Kier alpha value is -1.88. The Labute approximate surface area is 138 Å². The summed E-state index contributed by atoms with van der Waals surface area (Å²) in [6.07, 6.45) is 1.81. The van der Waals surface area contributed by atoms with Crippen molar-refractivity contribution >= 4 is 21.7 Å². The first-order chi connectivity index (χ1) is 10.5. The maximum absolute atomic E-state index is 11.9. The lowest BCUT2D eigenvalue weighted by atomic mass is 10.1. The van der Waals surface area contributed by atoms with Gasteiger partial charge in [-0.3, -0.25) is 9.78 Å². The zero-order valence-corrected chi connectivity index (χ0v) is 14.4. The van der Waals surface area contributed by atoms with Gasteiger partial charge in [-0.1, -0.05) is 22.0 Å². The van der Waals surface area contributed by atoms with E-state index in [0.717, 1.165) is 16.8 Å². The van der Waals surface area contributed by atoms with E-state index in [1.165, 1.54) is 0 Å². The van der Waals surface area contributed by atoms with Crippen molar-refractivity contribution in [3.8, 4) is 11.5 Å². The van der Waals surface area contributed by atoms with Crippen LogP contribution in [0.3, 0.4) is 0 Å². The second-order valence-electron chi connectivity index (χ2n) is 4.99. The summed E-state index contributed by atoms with van der Waals surface area (Å²) in [7, 11) is 1.54. The van der Waals surface area contributed by atoms with Gasteiger partial charge < -0.3 is 9.47 Å². The zero-order chi connectivity index (χ0) is 16.1. The Kier molecular flexibility index (Phi) is 5.55. The van der Waals surface area contributed by atoms with Crippen molar-refractivity contribution in [2.45, 2.75) is 20.5 Å². The van der Waals surface area contributed by atoms with Crippen molar-refractivity contribution in [3.63, 3.8) is 0 Å². The number of methoxy groups -OCH3 is 1. The maximum Gasteiger partial charge on any atom is 0.177 e. The predicted octanol–water partition coefficient (Wildman–Crippen LogP) is 3.86. The SMILES string of the molecule is COc1cc(OCc2ccc(C)cn2)c(C)cc1C(=O)CBr. The van der Waals surface area contributed by atoms with Gasteiger partial charge >= 0.3 is 0 Å². The number of carbonyl (C=O) groups excluding carboxylic acids is 1. The van der Waals surface area contributed by atoms with E-state index in [2.05, 4.69) is 20.9 Å². The first-order valence-electron chi connectivity index (χ1n) is 6.87. The van der Waals surface area contributed by atoms with E-state index in [-0.39, 0.29) is 11.1 Å². The number of aromatic nitrogens is 1. The van der Waals surface area contributed by atoms with E-state index in [1.54, 1.807) is 19.2 Å². The molecule has 1 aromatic heterocycles. The molecular weight excluding hydrogens is 346 g/mol. The van der Waals surface area contributed by atoms with Crippen LogP contribution < -0.4 is 9.47 Å². The van der Waals surface area contributed by atoms with Gasteiger partial charge in [-0.25, -0.2) is 0 Å². The Morgan fingerprint density at radius 3 is 2.59 bits per heavy atom. The summed E-state index contributed by atoms with van der Waals surface area (Å²) in [4.78, 5) is 16.2. The van der Waals surface area contributed by atoms with Gasteiger partial charge in [0.25, 0.3) is 0 Å². The number of carbonyl (C=O) groups is 1. The molecule has 0 saturated carbocycles. The molecule has 1 aromatic carbocycles. The average Bonchev–Trinajstić information content (AvgIpc) is 2.54. The van der Waals surface area contributed by atoms with Crippen LogP contribution in [0.2, 0.25) is 0 Å². The fourth-order valence-corrected chi connectivity index (χ4v) is 2.32. The Morgan fingerprint density at radius 1 is 1.23 bits per heavy atom. The van der Waals surface area contributed by atoms with E-state index in [4.69, 9.17) is 9.47 Å². The number of ether oxygens (including phenoxy) is 2. The zero-order valence-electron chi connectivity index (χ0n) is 12.9. The largest absolute Gasteiger partial charge is 0.496 e. The molecule has 5 heteroatoms. The normalized spacial score (nSPS) is 10.4. The highest BCUT2D eigenvalue weighted by molar-refractivity contribution is 9.09. The average molecular weight is 364 g/mol. The molecule has 0 fully saturated rings. The molecular formula is C17H18BrNO3. The van der Waals surface area contributed by atoms with Crippen LogP contribution in [-0.2, 0) is 6.61 Å². The molecule has 0 aliphatic carbocycles. The number of hydrogen-bond donors (Lipinski definition) is 0. The summed E-state index contributed by atoms with van der Waals surface area (Å²) in [5.74, 6) is 1.18. The molecule has 2 aromatic rings. The van der Waals surface area contributed by atoms with Crippen LogP contribution in [0.25, 0.3) is 0 Å². The third kappa shape index (κ3) is 3.85. The van der Waals surface area contributed by atoms with Gasteiger partial charge in [0, 0.05) is 12.3 Å². The summed E-state index contributed by atoms with van der Waals surface area (Å²) in [6, 6.07) is 7.47. The van der Waals surface area contributed by atoms with Gasteiger partial charge in [-0.2, -0.15) is 0 Å². The molecule has 4 nitrogen and oxygen atoms in total. The van der Waals surface area contributed by atoms with Crippen LogP contribution in [-0.4, -0.2) is 23.2 Å². The van der Waals surface area contributed by atoms with Gasteiger partial charge in [0.15, 0.2) is 5.78 Å². The number of ketones is 1. The minimum Gasteiger partial charge on any atom is -0.496 e. The molecule has 0 saturated heterocycles. The number of hydrogen-bond acceptors (Lipinski definition) is 4. The van der Waals surface area contributed by atoms with Gasteiger partial charge in [-0.05, 0) is 37.1 Å². The number of nitrogens with zero attached hydrogens (tertiary/aromatic N) is 1. The molecule has 22 heavy (non-hydrogen) atoms. The highest BCUT2D eigenvalue weighted by atomic mass is 79.9. The van der Waals surface area contributed by atoms with Gasteiger partial charge in [0.2, 0.25) is 0 Å². The highest BCUT2D eigenvalue weighted by Crippen LogP contribution is 2.30. The summed E-state index contributed by atoms with van der Waals surface area (Å²) in [6.45, 7) is 4.27. The summed E-state index contributed by atoms with van der Waals surface area (Å²) in [5, 5.41) is 0.260. The molecule has 0 amide bonds. The van der Waals surface area contributed by atoms with Gasteiger partial charge in [0.05, 0.1) is 23.7 Å². The van der Waals surface area contributed by atoms with Crippen LogP contribution in [0.1, 0.15) is 27.2 Å². The maximum atomic E-state index is 11.9. The van der Waals surface area contributed by atoms with Crippen LogP contribution in [0.4, 0.5) is 0 Å². The van der Waals surface area contributed by atoms with Crippen LogP contribution in [0.5, 0.6) is 11.5 Å². The molecule has 0 spiro atoms. The second-order valence-corrected chi connectivity index (χ2v) is 5.55. The van der Waals surface area contributed by atoms with Crippen molar-refractivity contribution < 1.29 is 14.3 Å². The Balaban J connectivity index is 2.20. The first-order valence-corrected chi connectivity index (χ1v) is 7.99. The number of benzene rings is 1. The fourth-order valence-electron chi connectivity index (χ4n) is 2.02. The molecule has 0 aliphatic heterocycles. The molecule has 2 rings (SSSR count). The lowest BCUT2D eigenvalue weighted by Crippen LogP contribution is -2.06.